The molecule has 11 heteroatoms. The van der Waals surface area contributed by atoms with E-state index in [1.807, 2.05) is 24.3 Å². The summed E-state index contributed by atoms with van der Waals surface area (Å²) in [6.45, 7) is 6.79. The summed E-state index contributed by atoms with van der Waals surface area (Å²) < 4.78 is 20.3. The summed E-state index contributed by atoms with van der Waals surface area (Å²) in [5.41, 5.74) is -1.49. The summed E-state index contributed by atoms with van der Waals surface area (Å²) in [6, 6.07) is 7.54. The molecule has 2 aliphatic rings. The van der Waals surface area contributed by atoms with Gasteiger partial charge in [0.2, 0.25) is 5.89 Å². The number of aromatic nitrogens is 3. The second kappa shape index (κ2) is 10.2. The van der Waals surface area contributed by atoms with Crippen LogP contribution in [0.2, 0.25) is 0 Å². The Hall–Kier alpha value is -3.70. The van der Waals surface area contributed by atoms with Crippen molar-refractivity contribution in [3.05, 3.63) is 68.7 Å². The SMILES string of the molecule is COc1ccccc1C(Cn1c(=O)n(C(C)(C)C(=O)O)c(=O)c2c(C)c(-c3ncco3)sc21)OC1CC2(CC(C)C2)C1. The van der Waals surface area contributed by atoms with Crippen LogP contribution >= 0.6 is 11.3 Å². The number of rotatable bonds is 9. The highest BCUT2D eigenvalue weighted by Crippen LogP contribution is 2.60. The Morgan fingerprint density at radius 2 is 1.95 bits per heavy atom. The van der Waals surface area contributed by atoms with Crippen LogP contribution < -0.4 is 16.0 Å². The number of hydrogen-bond acceptors (Lipinski definition) is 8. The van der Waals surface area contributed by atoms with E-state index in [-0.39, 0.29) is 18.0 Å². The number of oxazole rings is 1. The molecule has 0 bridgehead atoms. The van der Waals surface area contributed by atoms with E-state index in [4.69, 9.17) is 13.9 Å². The molecule has 0 saturated heterocycles. The largest absolute Gasteiger partial charge is 0.496 e. The van der Waals surface area contributed by atoms with Crippen molar-refractivity contribution in [2.75, 3.05) is 7.11 Å². The summed E-state index contributed by atoms with van der Waals surface area (Å²) in [6.07, 6.45) is 6.73. The van der Waals surface area contributed by atoms with Gasteiger partial charge in [-0.2, -0.15) is 0 Å². The van der Waals surface area contributed by atoms with Gasteiger partial charge in [0.25, 0.3) is 5.56 Å². The van der Waals surface area contributed by atoms with E-state index in [1.165, 1.54) is 55.1 Å². The number of fused-ring (bicyclic) bond motifs is 1. The topological polar surface area (TPSA) is 126 Å². The summed E-state index contributed by atoms with van der Waals surface area (Å²) in [4.78, 5) is 45.6. The summed E-state index contributed by atoms with van der Waals surface area (Å²) in [7, 11) is 1.59. The van der Waals surface area contributed by atoms with Crippen LogP contribution in [0.5, 0.6) is 5.75 Å². The van der Waals surface area contributed by atoms with Crippen LogP contribution in [0.1, 0.15) is 63.7 Å². The number of carbonyl (C=O) groups is 1. The minimum atomic E-state index is -1.80. The zero-order valence-corrected chi connectivity index (χ0v) is 25.2. The van der Waals surface area contributed by atoms with Gasteiger partial charge in [-0.25, -0.2) is 19.1 Å². The highest BCUT2D eigenvalue weighted by Gasteiger charge is 2.52. The summed E-state index contributed by atoms with van der Waals surface area (Å²) in [5, 5.41) is 10.3. The normalized spacial score (nSPS) is 22.6. The van der Waals surface area contributed by atoms with E-state index in [0.717, 1.165) is 28.9 Å². The maximum atomic E-state index is 14.2. The molecule has 6 rings (SSSR count). The molecule has 1 unspecified atom stereocenters. The van der Waals surface area contributed by atoms with E-state index in [1.54, 1.807) is 14.0 Å². The van der Waals surface area contributed by atoms with Gasteiger partial charge in [0.05, 0.1) is 36.2 Å². The molecular weight excluding hydrogens is 558 g/mol. The Kier molecular flexibility index (Phi) is 6.93. The monoisotopic (exact) mass is 593 g/mol. The summed E-state index contributed by atoms with van der Waals surface area (Å²) >= 11 is 1.22. The molecular formula is C31H35N3O7S. The van der Waals surface area contributed by atoms with Crippen molar-refractivity contribution in [2.24, 2.45) is 11.3 Å². The number of ether oxygens (including phenoxy) is 2. The van der Waals surface area contributed by atoms with Crippen molar-refractivity contribution in [2.45, 2.75) is 77.7 Å². The van der Waals surface area contributed by atoms with E-state index < -0.39 is 28.9 Å². The first-order valence-corrected chi connectivity index (χ1v) is 15.0. The highest BCUT2D eigenvalue weighted by molar-refractivity contribution is 7.22. The van der Waals surface area contributed by atoms with Gasteiger partial charge in [0.1, 0.15) is 28.5 Å². The first-order valence-electron chi connectivity index (χ1n) is 14.2. The lowest BCUT2D eigenvalue weighted by atomic mass is 9.51. The summed E-state index contributed by atoms with van der Waals surface area (Å²) in [5.74, 6) is 0.394. The Morgan fingerprint density at radius 3 is 2.57 bits per heavy atom. The third-order valence-corrected chi connectivity index (χ3v) is 10.3. The van der Waals surface area contributed by atoms with Gasteiger partial charge in [-0.05, 0) is 69.4 Å². The van der Waals surface area contributed by atoms with Gasteiger partial charge < -0.3 is 19.0 Å². The van der Waals surface area contributed by atoms with Crippen molar-refractivity contribution in [3.63, 3.8) is 0 Å². The minimum Gasteiger partial charge on any atom is -0.496 e. The number of thiophene rings is 1. The van der Waals surface area contributed by atoms with E-state index in [9.17, 15) is 19.5 Å². The number of carboxylic acids is 1. The molecule has 0 aliphatic heterocycles. The van der Waals surface area contributed by atoms with Gasteiger partial charge in [0.15, 0.2) is 0 Å². The van der Waals surface area contributed by atoms with Gasteiger partial charge in [-0.3, -0.25) is 9.36 Å². The second-order valence-corrected chi connectivity index (χ2v) is 13.4. The third-order valence-electron chi connectivity index (χ3n) is 9.00. The van der Waals surface area contributed by atoms with Gasteiger partial charge in [-0.15, -0.1) is 11.3 Å². The van der Waals surface area contributed by atoms with E-state index >= 15 is 0 Å². The molecule has 222 valence electrons. The van der Waals surface area contributed by atoms with Crippen LogP contribution in [0.4, 0.5) is 0 Å². The van der Waals surface area contributed by atoms with E-state index in [2.05, 4.69) is 11.9 Å². The average molecular weight is 594 g/mol. The zero-order valence-electron chi connectivity index (χ0n) is 24.4. The zero-order chi connectivity index (χ0) is 30.0. The molecule has 42 heavy (non-hydrogen) atoms. The smallest absolute Gasteiger partial charge is 0.333 e. The maximum absolute atomic E-state index is 14.2. The highest BCUT2D eigenvalue weighted by atomic mass is 32.1. The molecule has 1 N–H and O–H groups in total. The fourth-order valence-electron chi connectivity index (χ4n) is 6.94. The molecule has 1 aromatic carbocycles. The lowest BCUT2D eigenvalue weighted by Crippen LogP contribution is -2.53. The second-order valence-electron chi connectivity index (χ2n) is 12.4. The average Bonchev–Trinajstić information content (AvgIpc) is 3.56. The predicted octanol–water partition coefficient (Wildman–Crippen LogP) is 5.35. The molecule has 1 spiro atoms. The molecule has 2 aliphatic carbocycles. The minimum absolute atomic E-state index is 0.0212. The molecule has 3 heterocycles. The van der Waals surface area contributed by atoms with Crippen molar-refractivity contribution >= 4 is 27.5 Å². The van der Waals surface area contributed by atoms with Crippen molar-refractivity contribution < 1.29 is 23.8 Å². The molecule has 2 saturated carbocycles. The number of hydrogen-bond donors (Lipinski definition) is 1. The number of benzene rings is 1. The Bertz CT molecular complexity index is 1770. The molecule has 2 fully saturated rings. The van der Waals surface area contributed by atoms with E-state index in [0.29, 0.717) is 32.3 Å². The number of carboxylic acid groups (broad SMARTS) is 1. The lowest BCUT2D eigenvalue weighted by molar-refractivity contribution is -0.161. The van der Waals surface area contributed by atoms with Crippen LogP contribution in [-0.4, -0.2) is 38.4 Å². The van der Waals surface area contributed by atoms with Crippen LogP contribution in [0.25, 0.3) is 21.0 Å². The molecule has 10 nitrogen and oxygen atoms in total. The molecule has 0 amide bonds. The molecule has 4 aromatic rings. The predicted molar refractivity (Wildman–Crippen MR) is 158 cm³/mol. The number of aryl methyl sites for hydroxylation is 1. The van der Waals surface area contributed by atoms with Crippen molar-refractivity contribution in [1.82, 2.24) is 14.1 Å². The molecule has 1 atom stereocenters. The first-order chi connectivity index (χ1) is 20.0. The van der Waals surface area contributed by atoms with Gasteiger partial charge >= 0.3 is 11.7 Å². The lowest BCUT2D eigenvalue weighted by Gasteiger charge is -2.57. The van der Waals surface area contributed by atoms with Gasteiger partial charge in [-0.1, -0.05) is 25.1 Å². The quantitative estimate of drug-likeness (QED) is 0.275. The maximum Gasteiger partial charge on any atom is 0.333 e. The van der Waals surface area contributed by atoms with Crippen LogP contribution in [-0.2, 0) is 21.6 Å². The number of nitrogens with zero attached hydrogens (tertiary/aromatic N) is 3. The Morgan fingerprint density at radius 1 is 1.24 bits per heavy atom. The van der Waals surface area contributed by atoms with Crippen LogP contribution in [0, 0.1) is 18.3 Å². The van der Waals surface area contributed by atoms with Crippen molar-refractivity contribution in [3.8, 4) is 16.5 Å². The number of para-hydroxylation sites is 1. The molecule has 0 radical (unpaired) electrons. The number of aliphatic carboxylic acids is 1. The first kappa shape index (κ1) is 28.4. The fraction of sp³-hybridized carbons (Fsp3) is 0.484. The standard InChI is InChI=1S/C31H35N3O7S/c1-17-12-31(13-17)14-19(15-31)41-22(20-8-6-7-9-21(20)39-5)16-33-27-23(18(2)24(42-27)25-32-10-11-40-25)26(35)34(29(33)38)30(3,4)28(36)37/h6-11,17,19,22H,12-16H2,1-5H3,(H,36,37). The Labute approximate surface area is 246 Å². The van der Waals surface area contributed by atoms with Crippen molar-refractivity contribution in [1.29, 1.82) is 0 Å². The fourth-order valence-corrected chi connectivity index (χ4v) is 8.18. The third kappa shape index (κ3) is 4.50. The molecule has 3 aromatic heterocycles. The Balaban J connectivity index is 1.52. The van der Waals surface area contributed by atoms with Crippen LogP contribution in [0.3, 0.4) is 0 Å². The van der Waals surface area contributed by atoms with Gasteiger partial charge in [0, 0.05) is 5.56 Å². The number of methoxy groups -OCH3 is 1. The van der Waals surface area contributed by atoms with Crippen LogP contribution in [0.15, 0.2) is 50.7 Å².